The van der Waals surface area contributed by atoms with Crippen LogP contribution in [-0.4, -0.2) is 36.5 Å². The van der Waals surface area contributed by atoms with Gasteiger partial charge in [-0.05, 0) is 63.9 Å². The lowest BCUT2D eigenvalue weighted by Crippen LogP contribution is -2.18. The maximum atomic E-state index is 12.6. The summed E-state index contributed by atoms with van der Waals surface area (Å²) in [6, 6.07) is 4.32. The zero-order valence-electron chi connectivity index (χ0n) is 17.9. The van der Waals surface area contributed by atoms with Gasteiger partial charge in [0.05, 0.1) is 17.1 Å². The SMILES string of the molecule is Cc1cc(OCn2nc(C)c(NC(=O)c3ccn(C(C)C(=O)O)n3)c2C)cc(C)c1Cl. The highest BCUT2D eigenvalue weighted by molar-refractivity contribution is 6.32. The number of aryl methyl sites for hydroxylation is 3. The van der Waals surface area contributed by atoms with Gasteiger partial charge in [0, 0.05) is 11.2 Å². The Morgan fingerprint density at radius 3 is 2.45 bits per heavy atom. The molecule has 2 heterocycles. The van der Waals surface area contributed by atoms with Crippen molar-refractivity contribution in [3.05, 3.63) is 57.6 Å². The zero-order valence-corrected chi connectivity index (χ0v) is 18.7. The van der Waals surface area contributed by atoms with Crippen LogP contribution in [0.25, 0.3) is 0 Å². The maximum absolute atomic E-state index is 12.6. The number of carbonyl (C=O) groups is 2. The summed E-state index contributed by atoms with van der Waals surface area (Å²) in [7, 11) is 0. The van der Waals surface area contributed by atoms with Crippen LogP contribution in [0.4, 0.5) is 5.69 Å². The van der Waals surface area contributed by atoms with Crippen LogP contribution in [0.5, 0.6) is 5.75 Å². The molecule has 0 spiro atoms. The van der Waals surface area contributed by atoms with Gasteiger partial charge in [-0.25, -0.2) is 9.48 Å². The van der Waals surface area contributed by atoms with Crippen molar-refractivity contribution in [3.8, 4) is 5.75 Å². The van der Waals surface area contributed by atoms with Gasteiger partial charge in [0.25, 0.3) is 5.91 Å². The standard InChI is InChI=1S/C21H24ClN5O4/c1-11-8-16(9-12(2)18(11)22)31-10-27-14(4)19(13(3)24-27)23-20(28)17-6-7-26(25-17)15(5)21(29)30/h6-9,15H,10H2,1-5H3,(H,23,28)(H,29,30). The number of anilines is 1. The van der Waals surface area contributed by atoms with Gasteiger partial charge in [-0.2, -0.15) is 10.2 Å². The fourth-order valence-corrected chi connectivity index (χ4v) is 3.20. The van der Waals surface area contributed by atoms with Gasteiger partial charge < -0.3 is 15.2 Å². The first-order valence-electron chi connectivity index (χ1n) is 9.61. The van der Waals surface area contributed by atoms with Crippen molar-refractivity contribution in [1.29, 1.82) is 0 Å². The number of rotatable bonds is 7. The maximum Gasteiger partial charge on any atom is 0.328 e. The molecule has 31 heavy (non-hydrogen) atoms. The summed E-state index contributed by atoms with van der Waals surface area (Å²) in [4.78, 5) is 23.7. The van der Waals surface area contributed by atoms with E-state index in [0.717, 1.165) is 11.1 Å². The lowest BCUT2D eigenvalue weighted by Gasteiger charge is -2.11. The lowest BCUT2D eigenvalue weighted by atomic mass is 10.1. The van der Waals surface area contributed by atoms with Gasteiger partial charge in [-0.1, -0.05) is 11.6 Å². The summed E-state index contributed by atoms with van der Waals surface area (Å²) in [6.07, 6.45) is 1.46. The largest absolute Gasteiger partial charge is 0.480 e. The molecular formula is C21H24ClN5O4. The van der Waals surface area contributed by atoms with Gasteiger partial charge in [0.1, 0.15) is 11.8 Å². The van der Waals surface area contributed by atoms with Gasteiger partial charge in [-0.3, -0.25) is 9.48 Å². The summed E-state index contributed by atoms with van der Waals surface area (Å²) in [5.41, 5.74) is 3.85. The van der Waals surface area contributed by atoms with Crippen LogP contribution in [-0.2, 0) is 11.5 Å². The average Bonchev–Trinajstić information content (AvgIpc) is 3.30. The van der Waals surface area contributed by atoms with E-state index in [0.29, 0.717) is 27.8 Å². The highest BCUT2D eigenvalue weighted by Gasteiger charge is 2.20. The van der Waals surface area contributed by atoms with E-state index in [1.165, 1.54) is 23.9 Å². The molecule has 3 aromatic rings. The Morgan fingerprint density at radius 1 is 1.19 bits per heavy atom. The summed E-state index contributed by atoms with van der Waals surface area (Å²) in [6.45, 7) is 9.07. The molecule has 1 amide bonds. The lowest BCUT2D eigenvalue weighted by molar-refractivity contribution is -0.140. The molecule has 0 fully saturated rings. The Hall–Kier alpha value is -3.33. The van der Waals surface area contributed by atoms with Gasteiger partial charge in [0.15, 0.2) is 12.4 Å². The molecule has 0 saturated heterocycles. The Labute approximate surface area is 184 Å². The van der Waals surface area contributed by atoms with Crippen LogP contribution >= 0.6 is 11.6 Å². The molecule has 0 bridgehead atoms. The topological polar surface area (TPSA) is 111 Å². The predicted molar refractivity (Wildman–Crippen MR) is 116 cm³/mol. The van der Waals surface area contributed by atoms with Crippen molar-refractivity contribution in [3.63, 3.8) is 0 Å². The smallest absolute Gasteiger partial charge is 0.328 e. The number of aliphatic carboxylic acids is 1. The molecule has 2 aromatic heterocycles. The van der Waals surface area contributed by atoms with E-state index in [9.17, 15) is 9.59 Å². The van der Waals surface area contributed by atoms with Crippen molar-refractivity contribution in [2.45, 2.75) is 47.4 Å². The summed E-state index contributed by atoms with van der Waals surface area (Å²) >= 11 is 6.20. The van der Waals surface area contributed by atoms with Crippen LogP contribution in [0, 0.1) is 27.7 Å². The van der Waals surface area contributed by atoms with Gasteiger partial charge >= 0.3 is 5.97 Å². The number of nitrogens with zero attached hydrogens (tertiary/aromatic N) is 4. The third-order valence-corrected chi connectivity index (χ3v) is 5.57. The summed E-state index contributed by atoms with van der Waals surface area (Å²) in [5, 5.41) is 21.1. The van der Waals surface area contributed by atoms with Gasteiger partial charge in [-0.15, -0.1) is 0 Å². The van der Waals surface area contributed by atoms with E-state index in [4.69, 9.17) is 21.4 Å². The number of benzene rings is 1. The van der Waals surface area contributed by atoms with Gasteiger partial charge in [0.2, 0.25) is 0 Å². The number of ether oxygens (including phenoxy) is 1. The second kappa shape index (κ2) is 8.81. The minimum Gasteiger partial charge on any atom is -0.480 e. The Morgan fingerprint density at radius 2 is 1.84 bits per heavy atom. The number of carbonyl (C=O) groups excluding carboxylic acids is 1. The Kier molecular flexibility index (Phi) is 6.35. The fraction of sp³-hybridized carbons (Fsp3) is 0.333. The molecule has 0 saturated carbocycles. The van der Waals surface area contributed by atoms with Crippen LogP contribution in [0.1, 0.15) is 46.0 Å². The highest BCUT2D eigenvalue weighted by Crippen LogP contribution is 2.27. The molecule has 1 aromatic carbocycles. The molecule has 0 aliphatic heterocycles. The molecule has 0 aliphatic rings. The number of aromatic nitrogens is 4. The van der Waals surface area contributed by atoms with Crippen LogP contribution < -0.4 is 10.1 Å². The first kappa shape index (κ1) is 22.4. The monoisotopic (exact) mass is 445 g/mol. The van der Waals surface area contributed by atoms with E-state index in [-0.39, 0.29) is 12.4 Å². The molecule has 164 valence electrons. The predicted octanol–water partition coefficient (Wildman–Crippen LogP) is 3.90. The molecular weight excluding hydrogens is 422 g/mol. The normalized spacial score (nSPS) is 11.9. The van der Waals surface area contributed by atoms with E-state index in [1.54, 1.807) is 11.6 Å². The minimum atomic E-state index is -1.03. The zero-order chi connectivity index (χ0) is 22.9. The average molecular weight is 446 g/mol. The molecule has 3 rings (SSSR count). The third-order valence-electron chi connectivity index (χ3n) is 4.98. The number of hydrogen-bond acceptors (Lipinski definition) is 5. The van der Waals surface area contributed by atoms with Crippen molar-refractivity contribution in [2.75, 3.05) is 5.32 Å². The van der Waals surface area contributed by atoms with E-state index in [2.05, 4.69) is 15.5 Å². The summed E-state index contributed by atoms with van der Waals surface area (Å²) < 4.78 is 8.73. The molecule has 2 N–H and O–H groups in total. The summed E-state index contributed by atoms with van der Waals surface area (Å²) in [5.74, 6) is -0.809. The highest BCUT2D eigenvalue weighted by atomic mass is 35.5. The Balaban J connectivity index is 1.73. The number of carboxylic acid groups (broad SMARTS) is 1. The van der Waals surface area contributed by atoms with Crippen LogP contribution in [0.2, 0.25) is 5.02 Å². The second-order valence-corrected chi connectivity index (χ2v) is 7.72. The van der Waals surface area contributed by atoms with Crippen molar-refractivity contribution in [1.82, 2.24) is 19.6 Å². The first-order valence-corrected chi connectivity index (χ1v) is 9.99. The van der Waals surface area contributed by atoms with E-state index < -0.39 is 17.9 Å². The quantitative estimate of drug-likeness (QED) is 0.570. The number of hydrogen-bond donors (Lipinski definition) is 2. The molecule has 1 atom stereocenters. The number of nitrogens with one attached hydrogen (secondary N) is 1. The molecule has 0 aliphatic carbocycles. The van der Waals surface area contributed by atoms with E-state index in [1.807, 2.05) is 32.9 Å². The van der Waals surface area contributed by atoms with Crippen molar-refractivity contribution in [2.24, 2.45) is 0 Å². The molecule has 10 heteroatoms. The minimum absolute atomic E-state index is 0.114. The van der Waals surface area contributed by atoms with Crippen molar-refractivity contribution >= 4 is 29.2 Å². The Bertz CT molecular complexity index is 1130. The second-order valence-electron chi connectivity index (χ2n) is 7.34. The van der Waals surface area contributed by atoms with Crippen LogP contribution in [0.3, 0.4) is 0 Å². The number of amides is 1. The fourth-order valence-electron chi connectivity index (χ4n) is 3.09. The molecule has 1 unspecified atom stereocenters. The molecule has 9 nitrogen and oxygen atoms in total. The number of carboxylic acids is 1. The third kappa shape index (κ3) is 4.72. The molecule has 0 radical (unpaired) electrons. The first-order chi connectivity index (χ1) is 14.6. The van der Waals surface area contributed by atoms with Crippen molar-refractivity contribution < 1.29 is 19.4 Å². The number of halogens is 1. The van der Waals surface area contributed by atoms with Crippen LogP contribution in [0.15, 0.2) is 24.4 Å². The van der Waals surface area contributed by atoms with E-state index >= 15 is 0 Å².